The number of anilines is 2. The number of likely N-dealkylation sites (N-methyl/N-ethyl adjacent to an activating group) is 1. The van der Waals surface area contributed by atoms with Gasteiger partial charge in [-0.2, -0.15) is 0 Å². The van der Waals surface area contributed by atoms with Crippen molar-refractivity contribution in [3.8, 4) is 0 Å². The third kappa shape index (κ3) is 2.81. The fourth-order valence-electron chi connectivity index (χ4n) is 2.48. The van der Waals surface area contributed by atoms with Gasteiger partial charge in [0, 0.05) is 24.8 Å². The number of carbonyl (C=O) groups excluding carboxylic acids is 1. The third-order valence-corrected chi connectivity index (χ3v) is 3.66. The average Bonchev–Trinajstić information content (AvgIpc) is 2.87. The molecule has 2 rings (SSSR count). The number of methoxy groups -OCH3 is 1. The molecule has 1 aliphatic rings. The van der Waals surface area contributed by atoms with Gasteiger partial charge in [-0.1, -0.05) is 0 Å². The normalized spacial score (nSPS) is 18.9. The van der Waals surface area contributed by atoms with E-state index in [-0.39, 0.29) is 5.97 Å². The van der Waals surface area contributed by atoms with Crippen LogP contribution in [-0.4, -0.2) is 51.2 Å². The molecule has 1 heterocycles. The molecule has 0 aromatic heterocycles. The average molecular weight is 263 g/mol. The van der Waals surface area contributed by atoms with Gasteiger partial charge in [-0.3, -0.25) is 0 Å². The lowest BCUT2D eigenvalue weighted by atomic mass is 10.1. The Labute approximate surface area is 113 Å². The number of nitrogens with zero attached hydrogens (tertiary/aromatic N) is 2. The highest BCUT2D eigenvalue weighted by Crippen LogP contribution is 2.28. The van der Waals surface area contributed by atoms with Crippen molar-refractivity contribution < 1.29 is 9.53 Å². The van der Waals surface area contributed by atoms with Crippen molar-refractivity contribution in [1.29, 1.82) is 0 Å². The summed E-state index contributed by atoms with van der Waals surface area (Å²) >= 11 is 0. The van der Waals surface area contributed by atoms with E-state index in [4.69, 9.17) is 10.5 Å². The second-order valence-corrected chi connectivity index (χ2v) is 5.12. The van der Waals surface area contributed by atoms with Crippen molar-refractivity contribution >= 4 is 17.3 Å². The molecule has 0 radical (unpaired) electrons. The van der Waals surface area contributed by atoms with E-state index in [9.17, 15) is 4.79 Å². The standard InChI is InChI=1S/C14H21N3O2/c1-16(2)11-6-7-17(9-11)13-5-4-10(15)8-12(13)14(18)19-3/h4-5,8,11H,6-7,9,15H2,1-3H3. The molecule has 0 aliphatic carbocycles. The van der Waals surface area contributed by atoms with E-state index in [1.54, 1.807) is 6.07 Å². The van der Waals surface area contributed by atoms with Gasteiger partial charge < -0.3 is 20.3 Å². The minimum Gasteiger partial charge on any atom is -0.465 e. The fraction of sp³-hybridized carbons (Fsp3) is 0.500. The van der Waals surface area contributed by atoms with Gasteiger partial charge in [0.05, 0.1) is 18.4 Å². The van der Waals surface area contributed by atoms with E-state index in [1.165, 1.54) is 7.11 Å². The van der Waals surface area contributed by atoms with E-state index in [2.05, 4.69) is 23.9 Å². The summed E-state index contributed by atoms with van der Waals surface area (Å²) in [4.78, 5) is 16.3. The van der Waals surface area contributed by atoms with Gasteiger partial charge in [0.15, 0.2) is 0 Å². The predicted octanol–water partition coefficient (Wildman–Crippen LogP) is 1.20. The molecule has 19 heavy (non-hydrogen) atoms. The molecule has 0 amide bonds. The maximum atomic E-state index is 11.8. The molecule has 5 nitrogen and oxygen atoms in total. The van der Waals surface area contributed by atoms with E-state index in [1.807, 2.05) is 12.1 Å². The lowest BCUT2D eigenvalue weighted by Gasteiger charge is -2.23. The van der Waals surface area contributed by atoms with Gasteiger partial charge in [-0.25, -0.2) is 4.79 Å². The Morgan fingerprint density at radius 2 is 2.21 bits per heavy atom. The number of nitrogens with two attached hydrogens (primary N) is 1. The molecule has 104 valence electrons. The van der Waals surface area contributed by atoms with Gasteiger partial charge in [-0.05, 0) is 38.7 Å². The van der Waals surface area contributed by atoms with Crippen molar-refractivity contribution in [2.75, 3.05) is 44.9 Å². The molecule has 1 aromatic carbocycles. The molecule has 1 fully saturated rings. The summed E-state index contributed by atoms with van der Waals surface area (Å²) in [6.45, 7) is 1.86. The highest BCUT2D eigenvalue weighted by atomic mass is 16.5. The highest BCUT2D eigenvalue weighted by molar-refractivity contribution is 5.97. The maximum absolute atomic E-state index is 11.8. The zero-order chi connectivity index (χ0) is 14.0. The van der Waals surface area contributed by atoms with Gasteiger partial charge in [0.2, 0.25) is 0 Å². The van der Waals surface area contributed by atoms with E-state index >= 15 is 0 Å². The second kappa shape index (κ2) is 5.48. The summed E-state index contributed by atoms with van der Waals surface area (Å²) < 4.78 is 4.83. The number of nitrogen functional groups attached to an aromatic ring is 1. The predicted molar refractivity (Wildman–Crippen MR) is 76.5 cm³/mol. The zero-order valence-corrected chi connectivity index (χ0v) is 11.7. The first kappa shape index (κ1) is 13.7. The van der Waals surface area contributed by atoms with Gasteiger partial charge in [0.25, 0.3) is 0 Å². The first-order chi connectivity index (χ1) is 9.02. The van der Waals surface area contributed by atoms with Crippen LogP contribution in [0.25, 0.3) is 0 Å². The SMILES string of the molecule is COC(=O)c1cc(N)ccc1N1CCC(N(C)C)C1. The number of carbonyl (C=O) groups is 1. The number of rotatable bonds is 3. The molecule has 1 saturated heterocycles. The first-order valence-electron chi connectivity index (χ1n) is 6.42. The molecule has 1 aliphatic heterocycles. The van der Waals surface area contributed by atoms with E-state index in [0.29, 0.717) is 17.3 Å². The van der Waals surface area contributed by atoms with Crippen LogP contribution in [0.4, 0.5) is 11.4 Å². The van der Waals surface area contributed by atoms with Crippen molar-refractivity contribution in [2.45, 2.75) is 12.5 Å². The molecular weight excluding hydrogens is 242 g/mol. The molecule has 2 N–H and O–H groups in total. The van der Waals surface area contributed by atoms with E-state index in [0.717, 1.165) is 25.2 Å². The van der Waals surface area contributed by atoms with Crippen LogP contribution in [0.1, 0.15) is 16.8 Å². The minimum atomic E-state index is -0.337. The van der Waals surface area contributed by atoms with Crippen LogP contribution in [0.2, 0.25) is 0 Å². The monoisotopic (exact) mass is 263 g/mol. The molecule has 0 bridgehead atoms. The number of ether oxygens (including phenoxy) is 1. The summed E-state index contributed by atoms with van der Waals surface area (Å²) in [6, 6.07) is 5.93. The second-order valence-electron chi connectivity index (χ2n) is 5.12. The number of hydrogen-bond donors (Lipinski definition) is 1. The Morgan fingerprint density at radius 1 is 1.47 bits per heavy atom. The topological polar surface area (TPSA) is 58.8 Å². The third-order valence-electron chi connectivity index (χ3n) is 3.66. The number of hydrogen-bond acceptors (Lipinski definition) is 5. The van der Waals surface area contributed by atoms with Crippen molar-refractivity contribution in [3.05, 3.63) is 23.8 Å². The maximum Gasteiger partial charge on any atom is 0.340 e. The summed E-state index contributed by atoms with van der Waals surface area (Å²) in [6.07, 6.45) is 1.10. The lowest BCUT2D eigenvalue weighted by Crippen LogP contribution is -2.32. The van der Waals surface area contributed by atoms with Crippen LogP contribution < -0.4 is 10.6 Å². The van der Waals surface area contributed by atoms with Crippen LogP contribution in [0, 0.1) is 0 Å². The molecule has 1 unspecified atom stereocenters. The first-order valence-corrected chi connectivity index (χ1v) is 6.42. The summed E-state index contributed by atoms with van der Waals surface area (Å²) in [5, 5.41) is 0. The molecule has 1 atom stereocenters. The zero-order valence-electron chi connectivity index (χ0n) is 11.7. The minimum absolute atomic E-state index is 0.337. The Hall–Kier alpha value is -1.75. The molecule has 1 aromatic rings. The molecular formula is C14H21N3O2. The van der Waals surface area contributed by atoms with E-state index < -0.39 is 0 Å². The van der Waals surface area contributed by atoms with Crippen molar-refractivity contribution in [1.82, 2.24) is 4.90 Å². The summed E-state index contributed by atoms with van der Waals surface area (Å²) in [5.41, 5.74) is 7.79. The Kier molecular flexibility index (Phi) is 3.95. The van der Waals surface area contributed by atoms with Crippen LogP contribution in [0.15, 0.2) is 18.2 Å². The Morgan fingerprint density at radius 3 is 2.79 bits per heavy atom. The highest BCUT2D eigenvalue weighted by Gasteiger charge is 2.27. The largest absolute Gasteiger partial charge is 0.465 e. The van der Waals surface area contributed by atoms with Crippen LogP contribution in [-0.2, 0) is 4.74 Å². The number of esters is 1. The van der Waals surface area contributed by atoms with Gasteiger partial charge in [0.1, 0.15) is 0 Å². The molecule has 5 heteroatoms. The van der Waals surface area contributed by atoms with Crippen molar-refractivity contribution in [2.24, 2.45) is 0 Å². The molecule has 0 spiro atoms. The fourth-order valence-corrected chi connectivity index (χ4v) is 2.48. The Bertz CT molecular complexity index is 474. The molecule has 0 saturated carbocycles. The van der Waals surface area contributed by atoms with Crippen LogP contribution >= 0.6 is 0 Å². The van der Waals surface area contributed by atoms with Crippen LogP contribution in [0.5, 0.6) is 0 Å². The summed E-state index contributed by atoms with van der Waals surface area (Å²) in [7, 11) is 5.55. The smallest absolute Gasteiger partial charge is 0.340 e. The van der Waals surface area contributed by atoms with Gasteiger partial charge in [-0.15, -0.1) is 0 Å². The number of benzene rings is 1. The lowest BCUT2D eigenvalue weighted by molar-refractivity contribution is 0.0601. The Balaban J connectivity index is 2.28. The van der Waals surface area contributed by atoms with Crippen LogP contribution in [0.3, 0.4) is 0 Å². The van der Waals surface area contributed by atoms with Gasteiger partial charge >= 0.3 is 5.97 Å². The van der Waals surface area contributed by atoms with Crippen molar-refractivity contribution in [3.63, 3.8) is 0 Å². The summed E-state index contributed by atoms with van der Waals surface area (Å²) in [5.74, 6) is -0.337. The quantitative estimate of drug-likeness (QED) is 0.656.